The number of benzene rings is 1. The van der Waals surface area contributed by atoms with E-state index in [4.69, 9.17) is 9.47 Å². The molecule has 0 aromatic heterocycles. The topological polar surface area (TPSA) is 81.7 Å². The van der Waals surface area contributed by atoms with Gasteiger partial charge in [-0.1, -0.05) is 15.9 Å². The normalized spacial score (nSPS) is 17.0. The summed E-state index contributed by atoms with van der Waals surface area (Å²) in [6.45, 7) is 2.27. The van der Waals surface area contributed by atoms with E-state index in [2.05, 4.69) is 20.7 Å². The summed E-state index contributed by atoms with van der Waals surface area (Å²) >= 11 is 3.25. The van der Waals surface area contributed by atoms with E-state index in [-0.39, 0.29) is 31.1 Å². The number of rotatable bonds is 6. The Morgan fingerprint density at radius 1 is 1.38 bits per heavy atom. The highest BCUT2D eigenvalue weighted by Gasteiger charge is 2.44. The second kappa shape index (κ2) is 6.43. The third-order valence-electron chi connectivity index (χ3n) is 3.02. The van der Waals surface area contributed by atoms with Crippen molar-refractivity contribution in [2.24, 2.45) is 0 Å². The number of hydrogen-bond donors (Lipinski definition) is 1. The predicted octanol–water partition coefficient (Wildman–Crippen LogP) is 1.45. The third kappa shape index (κ3) is 4.03. The van der Waals surface area contributed by atoms with Crippen LogP contribution in [0.3, 0.4) is 0 Å². The number of hydrogen-bond acceptors (Lipinski definition) is 5. The van der Waals surface area contributed by atoms with Crippen LogP contribution in [0.5, 0.6) is 0 Å². The van der Waals surface area contributed by atoms with Gasteiger partial charge < -0.3 is 9.47 Å². The summed E-state index contributed by atoms with van der Waals surface area (Å²) in [5, 5.41) is 0. The average molecular weight is 378 g/mol. The van der Waals surface area contributed by atoms with Gasteiger partial charge in [-0.2, -0.15) is 4.72 Å². The molecule has 1 saturated heterocycles. The lowest BCUT2D eigenvalue weighted by Gasteiger charge is -2.40. The molecule has 0 bridgehead atoms. The molecule has 1 aromatic rings. The highest BCUT2D eigenvalue weighted by Crippen LogP contribution is 2.25. The van der Waals surface area contributed by atoms with Gasteiger partial charge >= 0.3 is 5.97 Å². The first-order chi connectivity index (χ1) is 9.87. The second-order valence-corrected chi connectivity index (χ2v) is 7.41. The zero-order chi connectivity index (χ0) is 15.5. The Hall–Kier alpha value is -0.960. The molecule has 21 heavy (non-hydrogen) atoms. The Bertz CT molecular complexity index is 610. The SMILES string of the molecule is CCOC(=O)CC1(NS(=O)(=O)c2ccc(Br)cc2)COC1. The molecule has 0 amide bonds. The lowest BCUT2D eigenvalue weighted by molar-refractivity contribution is -0.151. The molecule has 0 spiro atoms. The van der Waals surface area contributed by atoms with Gasteiger partial charge in [0.15, 0.2) is 0 Å². The summed E-state index contributed by atoms with van der Waals surface area (Å²) in [5.41, 5.74) is -0.918. The monoisotopic (exact) mass is 377 g/mol. The summed E-state index contributed by atoms with van der Waals surface area (Å²) in [7, 11) is -3.71. The quantitative estimate of drug-likeness (QED) is 0.758. The summed E-state index contributed by atoms with van der Waals surface area (Å²) in [5.74, 6) is -0.445. The van der Waals surface area contributed by atoms with Gasteiger partial charge in [0.05, 0.1) is 36.7 Å². The zero-order valence-corrected chi connectivity index (χ0v) is 13.9. The van der Waals surface area contributed by atoms with Crippen molar-refractivity contribution in [2.75, 3.05) is 19.8 Å². The van der Waals surface area contributed by atoms with Gasteiger partial charge in [-0.05, 0) is 31.2 Å². The molecule has 8 heteroatoms. The van der Waals surface area contributed by atoms with Gasteiger partial charge in [0, 0.05) is 4.47 Å². The number of carbonyl (C=O) groups excluding carboxylic acids is 1. The molecule has 0 radical (unpaired) electrons. The van der Waals surface area contributed by atoms with Gasteiger partial charge in [0.1, 0.15) is 0 Å². The fourth-order valence-corrected chi connectivity index (χ4v) is 3.63. The average Bonchev–Trinajstić information content (AvgIpc) is 2.36. The molecule has 0 unspecified atom stereocenters. The number of nitrogens with one attached hydrogen (secondary N) is 1. The maximum Gasteiger partial charge on any atom is 0.307 e. The molecule has 0 atom stereocenters. The van der Waals surface area contributed by atoms with Crippen LogP contribution in [-0.4, -0.2) is 39.7 Å². The number of halogens is 1. The molecule has 1 aliphatic heterocycles. The summed E-state index contributed by atoms with van der Waals surface area (Å²) in [6, 6.07) is 6.27. The molecular formula is C13H16BrNO5S. The fourth-order valence-electron chi connectivity index (χ4n) is 1.99. The van der Waals surface area contributed by atoms with Crippen molar-refractivity contribution in [1.82, 2.24) is 4.72 Å². The van der Waals surface area contributed by atoms with Crippen LogP contribution in [0.4, 0.5) is 0 Å². The Morgan fingerprint density at radius 3 is 2.48 bits per heavy atom. The maximum absolute atomic E-state index is 12.4. The third-order valence-corrected chi connectivity index (χ3v) is 5.14. The molecule has 2 rings (SSSR count). The van der Waals surface area contributed by atoms with Crippen molar-refractivity contribution in [3.63, 3.8) is 0 Å². The minimum atomic E-state index is -3.71. The van der Waals surface area contributed by atoms with Gasteiger partial charge in [0.25, 0.3) is 0 Å². The molecule has 116 valence electrons. The highest BCUT2D eigenvalue weighted by atomic mass is 79.9. The summed E-state index contributed by atoms with van der Waals surface area (Å²) in [6.07, 6.45) is -0.0450. The van der Waals surface area contributed by atoms with Gasteiger partial charge in [-0.25, -0.2) is 8.42 Å². The van der Waals surface area contributed by atoms with E-state index in [0.29, 0.717) is 0 Å². The van der Waals surface area contributed by atoms with Crippen molar-refractivity contribution >= 4 is 31.9 Å². The number of ether oxygens (including phenoxy) is 2. The molecule has 1 aromatic carbocycles. The fraction of sp³-hybridized carbons (Fsp3) is 0.462. The van der Waals surface area contributed by atoms with E-state index in [1.54, 1.807) is 19.1 Å². The van der Waals surface area contributed by atoms with E-state index in [1.807, 2.05) is 0 Å². The summed E-state index contributed by atoms with van der Waals surface area (Å²) in [4.78, 5) is 11.7. The van der Waals surface area contributed by atoms with E-state index in [9.17, 15) is 13.2 Å². The molecular weight excluding hydrogens is 362 g/mol. The van der Waals surface area contributed by atoms with Crippen LogP contribution in [0.2, 0.25) is 0 Å². The minimum absolute atomic E-state index is 0.0450. The van der Waals surface area contributed by atoms with Crippen molar-refractivity contribution in [3.8, 4) is 0 Å². The smallest absolute Gasteiger partial charge is 0.307 e. The molecule has 1 fully saturated rings. The Balaban J connectivity index is 2.13. The second-order valence-electron chi connectivity index (χ2n) is 4.81. The van der Waals surface area contributed by atoms with Crippen LogP contribution >= 0.6 is 15.9 Å². The predicted molar refractivity (Wildman–Crippen MR) is 79.3 cm³/mol. The molecule has 0 aliphatic carbocycles. The first-order valence-corrected chi connectivity index (χ1v) is 8.67. The highest BCUT2D eigenvalue weighted by molar-refractivity contribution is 9.10. The maximum atomic E-state index is 12.4. The van der Waals surface area contributed by atoms with E-state index < -0.39 is 21.5 Å². The number of carbonyl (C=O) groups is 1. The molecule has 1 heterocycles. The lowest BCUT2D eigenvalue weighted by Crippen LogP contribution is -2.63. The number of esters is 1. The van der Waals surface area contributed by atoms with E-state index >= 15 is 0 Å². The van der Waals surface area contributed by atoms with Gasteiger partial charge in [0.2, 0.25) is 10.0 Å². The van der Waals surface area contributed by atoms with Crippen molar-refractivity contribution < 1.29 is 22.7 Å². The Morgan fingerprint density at radius 2 is 2.00 bits per heavy atom. The van der Waals surface area contributed by atoms with E-state index in [1.165, 1.54) is 12.1 Å². The largest absolute Gasteiger partial charge is 0.466 e. The molecule has 0 saturated carbocycles. The first kappa shape index (κ1) is 16.4. The van der Waals surface area contributed by atoms with Crippen LogP contribution in [-0.2, 0) is 24.3 Å². The van der Waals surface area contributed by atoms with Crippen molar-refractivity contribution in [2.45, 2.75) is 23.8 Å². The zero-order valence-electron chi connectivity index (χ0n) is 11.5. The standard InChI is InChI=1S/C13H16BrNO5S/c1-2-20-12(16)7-13(8-19-9-13)15-21(17,18)11-5-3-10(14)4-6-11/h3-6,15H,2,7-9H2,1H3. The van der Waals surface area contributed by atoms with Crippen molar-refractivity contribution in [3.05, 3.63) is 28.7 Å². The van der Waals surface area contributed by atoms with Crippen molar-refractivity contribution in [1.29, 1.82) is 0 Å². The Labute approximate surface area is 132 Å². The van der Waals surface area contributed by atoms with Crippen LogP contribution < -0.4 is 4.72 Å². The first-order valence-electron chi connectivity index (χ1n) is 6.40. The minimum Gasteiger partial charge on any atom is -0.466 e. The molecule has 1 N–H and O–H groups in total. The van der Waals surface area contributed by atoms with Crippen LogP contribution in [0.15, 0.2) is 33.6 Å². The van der Waals surface area contributed by atoms with Crippen LogP contribution in [0, 0.1) is 0 Å². The number of sulfonamides is 1. The van der Waals surface area contributed by atoms with E-state index in [0.717, 1.165) is 4.47 Å². The Kier molecular flexibility index (Phi) is 5.03. The molecule has 6 nitrogen and oxygen atoms in total. The summed E-state index contributed by atoms with van der Waals surface area (Å²) < 4.78 is 38.0. The van der Waals surface area contributed by atoms with Gasteiger partial charge in [-0.15, -0.1) is 0 Å². The molecule has 1 aliphatic rings. The van der Waals surface area contributed by atoms with Crippen LogP contribution in [0.25, 0.3) is 0 Å². The van der Waals surface area contributed by atoms with Crippen LogP contribution in [0.1, 0.15) is 13.3 Å². The lowest BCUT2D eigenvalue weighted by atomic mass is 9.95. The van der Waals surface area contributed by atoms with Gasteiger partial charge in [-0.3, -0.25) is 4.79 Å².